The van der Waals surface area contributed by atoms with E-state index in [4.69, 9.17) is 0 Å². The first-order valence-corrected chi connectivity index (χ1v) is 6.87. The van der Waals surface area contributed by atoms with Crippen LogP contribution in [0.2, 0.25) is 0 Å². The highest BCUT2D eigenvalue weighted by atomic mass is 32.1. The van der Waals surface area contributed by atoms with Crippen molar-refractivity contribution in [3.05, 3.63) is 40.3 Å². The van der Waals surface area contributed by atoms with Gasteiger partial charge in [-0.3, -0.25) is 4.68 Å². The second-order valence-electron chi connectivity index (χ2n) is 4.19. The molecule has 0 saturated carbocycles. The van der Waals surface area contributed by atoms with Gasteiger partial charge in [-0.1, -0.05) is 6.07 Å². The van der Waals surface area contributed by atoms with Gasteiger partial charge in [0.05, 0.1) is 0 Å². The zero-order chi connectivity index (χ0) is 12.1. The predicted octanol–water partition coefficient (Wildman–Crippen LogP) is 2.61. The van der Waals surface area contributed by atoms with Crippen molar-refractivity contribution in [2.24, 2.45) is 7.05 Å². The fourth-order valence-electron chi connectivity index (χ4n) is 2.13. The van der Waals surface area contributed by atoms with Crippen LogP contribution in [0.5, 0.6) is 0 Å². The van der Waals surface area contributed by atoms with Crippen LogP contribution in [-0.4, -0.2) is 23.4 Å². The van der Waals surface area contributed by atoms with Gasteiger partial charge in [0.1, 0.15) is 0 Å². The van der Waals surface area contributed by atoms with Crippen molar-refractivity contribution >= 4 is 11.3 Å². The predicted molar refractivity (Wildman–Crippen MR) is 72.5 cm³/mol. The summed E-state index contributed by atoms with van der Waals surface area (Å²) in [6, 6.07) is 6.48. The van der Waals surface area contributed by atoms with Gasteiger partial charge in [-0.05, 0) is 43.9 Å². The van der Waals surface area contributed by atoms with Crippen molar-refractivity contribution < 1.29 is 0 Å². The van der Waals surface area contributed by atoms with Crippen LogP contribution in [0.3, 0.4) is 0 Å². The van der Waals surface area contributed by atoms with Crippen LogP contribution >= 0.6 is 11.3 Å². The fourth-order valence-corrected chi connectivity index (χ4v) is 3.01. The quantitative estimate of drug-likeness (QED) is 0.798. The maximum atomic E-state index is 4.28. The average molecular weight is 249 g/mol. The summed E-state index contributed by atoms with van der Waals surface area (Å²) < 4.78 is 1.99. The Kier molecular flexibility index (Phi) is 4.34. The van der Waals surface area contributed by atoms with Gasteiger partial charge in [-0.2, -0.15) is 5.10 Å². The molecule has 4 heteroatoms. The van der Waals surface area contributed by atoms with Gasteiger partial charge in [0, 0.05) is 29.7 Å². The monoisotopic (exact) mass is 249 g/mol. The van der Waals surface area contributed by atoms with Crippen molar-refractivity contribution in [2.75, 3.05) is 13.6 Å². The van der Waals surface area contributed by atoms with Gasteiger partial charge in [-0.25, -0.2) is 0 Å². The Morgan fingerprint density at radius 1 is 1.47 bits per heavy atom. The van der Waals surface area contributed by atoms with Gasteiger partial charge < -0.3 is 5.32 Å². The zero-order valence-corrected chi connectivity index (χ0v) is 11.2. The molecule has 0 spiro atoms. The first-order chi connectivity index (χ1) is 8.33. The standard InChI is InChI=1S/C13H19N3S/c1-14-8-3-5-11(13-6-4-10-17-13)12-7-9-15-16(12)2/h4,6-7,9-11,14H,3,5,8H2,1-2H3/t11-/m1/s1. The maximum absolute atomic E-state index is 4.28. The molecular weight excluding hydrogens is 230 g/mol. The molecule has 1 atom stereocenters. The third kappa shape index (κ3) is 2.96. The maximum Gasteiger partial charge on any atom is 0.0492 e. The van der Waals surface area contributed by atoms with Crippen molar-refractivity contribution in [1.82, 2.24) is 15.1 Å². The van der Waals surface area contributed by atoms with Crippen LogP contribution in [0.15, 0.2) is 29.8 Å². The molecule has 0 bridgehead atoms. The summed E-state index contributed by atoms with van der Waals surface area (Å²) >= 11 is 1.83. The molecular formula is C13H19N3S. The minimum absolute atomic E-state index is 0.482. The zero-order valence-electron chi connectivity index (χ0n) is 10.4. The van der Waals surface area contributed by atoms with Gasteiger partial charge in [0.15, 0.2) is 0 Å². The molecule has 0 aromatic carbocycles. The number of thiophene rings is 1. The van der Waals surface area contributed by atoms with E-state index < -0.39 is 0 Å². The molecule has 2 aromatic heterocycles. The van der Waals surface area contributed by atoms with Gasteiger partial charge >= 0.3 is 0 Å². The van der Waals surface area contributed by atoms with E-state index in [0.717, 1.165) is 6.54 Å². The minimum atomic E-state index is 0.482. The second-order valence-corrected chi connectivity index (χ2v) is 5.17. The van der Waals surface area contributed by atoms with Crippen molar-refractivity contribution in [3.63, 3.8) is 0 Å². The van der Waals surface area contributed by atoms with Crippen LogP contribution in [0.4, 0.5) is 0 Å². The van der Waals surface area contributed by atoms with E-state index >= 15 is 0 Å². The lowest BCUT2D eigenvalue weighted by Crippen LogP contribution is -2.11. The molecule has 2 heterocycles. The number of nitrogens with one attached hydrogen (secondary N) is 1. The number of hydrogen-bond acceptors (Lipinski definition) is 3. The Morgan fingerprint density at radius 2 is 2.35 bits per heavy atom. The molecule has 0 aliphatic carbocycles. The van der Waals surface area contributed by atoms with Crippen LogP contribution in [0.1, 0.15) is 29.3 Å². The lowest BCUT2D eigenvalue weighted by atomic mass is 9.97. The van der Waals surface area contributed by atoms with Crippen LogP contribution < -0.4 is 5.32 Å². The second kappa shape index (κ2) is 5.98. The topological polar surface area (TPSA) is 29.9 Å². The Hall–Kier alpha value is -1.13. The van der Waals surface area contributed by atoms with Crippen LogP contribution in [0.25, 0.3) is 0 Å². The van der Waals surface area contributed by atoms with Crippen LogP contribution in [-0.2, 0) is 7.05 Å². The molecule has 0 radical (unpaired) electrons. The molecule has 2 aromatic rings. The molecule has 0 aliphatic heterocycles. The summed E-state index contributed by atoms with van der Waals surface area (Å²) in [6.07, 6.45) is 4.24. The fraction of sp³-hybridized carbons (Fsp3) is 0.462. The van der Waals surface area contributed by atoms with E-state index in [1.54, 1.807) is 0 Å². The number of aromatic nitrogens is 2. The largest absolute Gasteiger partial charge is 0.320 e. The molecule has 17 heavy (non-hydrogen) atoms. The number of nitrogens with zero attached hydrogens (tertiary/aromatic N) is 2. The molecule has 0 fully saturated rings. The first-order valence-electron chi connectivity index (χ1n) is 5.99. The highest BCUT2D eigenvalue weighted by Crippen LogP contribution is 2.31. The van der Waals surface area contributed by atoms with Gasteiger partial charge in [0.2, 0.25) is 0 Å². The summed E-state index contributed by atoms with van der Waals surface area (Å²) in [6.45, 7) is 1.07. The Morgan fingerprint density at radius 3 is 2.94 bits per heavy atom. The van der Waals surface area contributed by atoms with E-state index in [2.05, 4.69) is 34.0 Å². The molecule has 3 nitrogen and oxygen atoms in total. The highest BCUT2D eigenvalue weighted by molar-refractivity contribution is 7.10. The lowest BCUT2D eigenvalue weighted by Gasteiger charge is -2.15. The first kappa shape index (κ1) is 12.3. The van der Waals surface area contributed by atoms with E-state index in [1.807, 2.05) is 36.3 Å². The normalized spacial score (nSPS) is 12.8. The molecule has 92 valence electrons. The smallest absolute Gasteiger partial charge is 0.0492 e. The van der Waals surface area contributed by atoms with Crippen molar-refractivity contribution in [1.29, 1.82) is 0 Å². The summed E-state index contributed by atoms with van der Waals surface area (Å²) in [5.41, 5.74) is 1.31. The van der Waals surface area contributed by atoms with E-state index in [9.17, 15) is 0 Å². The van der Waals surface area contributed by atoms with E-state index in [1.165, 1.54) is 23.4 Å². The molecule has 0 amide bonds. The highest BCUT2D eigenvalue weighted by Gasteiger charge is 2.17. The number of aryl methyl sites for hydroxylation is 1. The van der Waals surface area contributed by atoms with E-state index in [0.29, 0.717) is 5.92 Å². The number of rotatable bonds is 6. The molecule has 1 N–H and O–H groups in total. The van der Waals surface area contributed by atoms with Crippen molar-refractivity contribution in [3.8, 4) is 0 Å². The summed E-state index contributed by atoms with van der Waals surface area (Å²) in [7, 11) is 4.03. The molecule has 0 aliphatic rings. The molecule has 0 unspecified atom stereocenters. The molecule has 0 saturated heterocycles. The molecule has 2 rings (SSSR count). The third-order valence-electron chi connectivity index (χ3n) is 3.02. The lowest BCUT2D eigenvalue weighted by molar-refractivity contribution is 0.591. The Bertz CT molecular complexity index is 433. The van der Waals surface area contributed by atoms with Gasteiger partial charge in [-0.15, -0.1) is 11.3 Å². The minimum Gasteiger partial charge on any atom is -0.320 e. The Balaban J connectivity index is 2.16. The Labute approximate surface area is 106 Å². The van der Waals surface area contributed by atoms with Crippen LogP contribution in [0, 0.1) is 0 Å². The summed E-state index contributed by atoms with van der Waals surface area (Å²) in [5, 5.41) is 9.64. The third-order valence-corrected chi connectivity index (χ3v) is 4.01. The van der Waals surface area contributed by atoms with Gasteiger partial charge in [0.25, 0.3) is 0 Å². The average Bonchev–Trinajstić information content (AvgIpc) is 2.96. The SMILES string of the molecule is CNCCC[C@@H](c1cccs1)c1ccnn1C. The van der Waals surface area contributed by atoms with Crippen molar-refractivity contribution in [2.45, 2.75) is 18.8 Å². The summed E-state index contributed by atoms with van der Waals surface area (Å²) in [5.74, 6) is 0.482. The van der Waals surface area contributed by atoms with E-state index in [-0.39, 0.29) is 0 Å². The summed E-state index contributed by atoms with van der Waals surface area (Å²) in [4.78, 5) is 1.43. The number of hydrogen-bond donors (Lipinski definition) is 1.